The molecule has 3 aromatic carbocycles. The summed E-state index contributed by atoms with van der Waals surface area (Å²) in [4.78, 5) is 29.3. The summed E-state index contributed by atoms with van der Waals surface area (Å²) in [7, 11) is 0. The predicted octanol–water partition coefficient (Wildman–Crippen LogP) is 7.79. The Labute approximate surface area is 315 Å². The van der Waals surface area contributed by atoms with Crippen molar-refractivity contribution in [2.24, 2.45) is 0 Å². The van der Waals surface area contributed by atoms with Gasteiger partial charge < -0.3 is 0 Å². The molecule has 0 atom stereocenters. The van der Waals surface area contributed by atoms with E-state index in [2.05, 4.69) is 104 Å². The number of anilines is 6. The Kier molecular flexibility index (Phi) is 6.24. The van der Waals surface area contributed by atoms with Gasteiger partial charge in [0.25, 0.3) is 6.71 Å². The third kappa shape index (κ3) is 4.16. The Morgan fingerprint density at radius 2 is 1.22 bits per heavy atom. The van der Waals surface area contributed by atoms with Crippen molar-refractivity contribution in [2.75, 3.05) is 9.80 Å². The van der Waals surface area contributed by atoms with Crippen molar-refractivity contribution < 1.29 is 0 Å². The molecule has 0 saturated carbocycles. The van der Waals surface area contributed by atoms with Crippen LogP contribution in [0.1, 0.15) is 0 Å². The molecule has 0 saturated heterocycles. The molecule has 0 aliphatic carbocycles. The minimum absolute atomic E-state index is 0.0846. The number of pyridine rings is 5. The zero-order valence-electron chi connectivity index (χ0n) is 29.3. The van der Waals surface area contributed by atoms with Crippen LogP contribution >= 0.6 is 0 Å². The van der Waals surface area contributed by atoms with E-state index in [1.165, 1.54) is 10.9 Å². The summed E-state index contributed by atoms with van der Waals surface area (Å²) in [5.74, 6) is 3.25. The summed E-state index contributed by atoms with van der Waals surface area (Å²) in [5, 5.41) is 2.24. The van der Waals surface area contributed by atoms with Crippen molar-refractivity contribution in [3.8, 4) is 11.5 Å². The fourth-order valence-electron chi connectivity index (χ4n) is 8.88. The molecular weight excluding hydrogens is 677 g/mol. The van der Waals surface area contributed by atoms with Crippen molar-refractivity contribution in [1.82, 2.24) is 34.1 Å². The number of hydrogen-bond donors (Lipinski definition) is 0. The largest absolute Gasteiger partial charge is 0.296 e. The van der Waals surface area contributed by atoms with Gasteiger partial charge in [-0.1, -0.05) is 60.7 Å². The number of hydrogen-bond acceptors (Lipinski definition) is 7. The van der Waals surface area contributed by atoms with Crippen molar-refractivity contribution in [3.63, 3.8) is 0 Å². The van der Waals surface area contributed by atoms with E-state index in [1.807, 2.05) is 85.6 Å². The first-order chi connectivity index (χ1) is 27.3. The number of fused-ring (bicyclic) bond motifs is 9. The Bertz CT molecular complexity index is 3070. The van der Waals surface area contributed by atoms with Gasteiger partial charge in [0, 0.05) is 53.4 Å². The lowest BCUT2D eigenvalue weighted by Crippen LogP contribution is -2.60. The second kappa shape index (κ2) is 11.5. The molecule has 2 aliphatic heterocycles. The minimum Gasteiger partial charge on any atom is -0.296 e. The molecule has 256 valence electrons. The van der Waals surface area contributed by atoms with E-state index in [-0.39, 0.29) is 6.71 Å². The van der Waals surface area contributed by atoms with Crippen molar-refractivity contribution >= 4 is 90.6 Å². The third-order valence-electron chi connectivity index (χ3n) is 10.9. The highest BCUT2D eigenvalue weighted by molar-refractivity contribution is 7.00. The van der Waals surface area contributed by atoms with Crippen LogP contribution in [0.25, 0.3) is 44.5 Å². The van der Waals surface area contributed by atoms with Crippen LogP contribution in [0.5, 0.6) is 0 Å². The molecule has 0 unspecified atom stereocenters. The zero-order chi connectivity index (χ0) is 36.0. The number of rotatable bonds is 5. The highest BCUT2D eigenvalue weighted by Gasteiger charge is 2.44. The van der Waals surface area contributed by atoms with Gasteiger partial charge in [0.2, 0.25) is 0 Å². The number of aromatic nitrogens is 7. The van der Waals surface area contributed by atoms with Crippen LogP contribution in [0.3, 0.4) is 0 Å². The summed E-state index contributed by atoms with van der Waals surface area (Å²) < 4.78 is 4.72. The maximum Gasteiger partial charge on any atom is 0.254 e. The number of para-hydroxylation sites is 2. The van der Waals surface area contributed by atoms with Gasteiger partial charge in [-0.15, -0.1) is 0 Å². The molecule has 0 radical (unpaired) electrons. The van der Waals surface area contributed by atoms with Crippen LogP contribution in [0.4, 0.5) is 34.5 Å². The maximum absolute atomic E-state index is 5.12. The average molecular weight is 706 g/mol. The van der Waals surface area contributed by atoms with Gasteiger partial charge in [-0.25, -0.2) is 19.9 Å². The molecule has 9 heterocycles. The van der Waals surface area contributed by atoms with Crippen LogP contribution in [-0.4, -0.2) is 40.8 Å². The summed E-state index contributed by atoms with van der Waals surface area (Å²) in [6, 6.07) is 48.3. The number of nitrogens with zero attached hydrogens (tertiary/aromatic N) is 9. The summed E-state index contributed by atoms with van der Waals surface area (Å²) >= 11 is 0. The maximum atomic E-state index is 5.12. The van der Waals surface area contributed by atoms with Gasteiger partial charge in [0.15, 0.2) is 0 Å². The molecule has 12 rings (SSSR count). The second-order valence-electron chi connectivity index (χ2n) is 13.8. The summed E-state index contributed by atoms with van der Waals surface area (Å²) in [6.07, 6.45) is 9.29. The van der Waals surface area contributed by atoms with E-state index in [0.29, 0.717) is 0 Å². The van der Waals surface area contributed by atoms with Gasteiger partial charge in [-0.05, 0) is 95.3 Å². The lowest BCUT2D eigenvalue weighted by atomic mass is 9.34. The Morgan fingerprint density at radius 3 is 1.98 bits per heavy atom. The van der Waals surface area contributed by atoms with Gasteiger partial charge in [-0.2, -0.15) is 0 Å². The third-order valence-corrected chi connectivity index (χ3v) is 10.9. The normalized spacial score (nSPS) is 12.7. The molecular formula is C45H28BN9. The monoisotopic (exact) mass is 705 g/mol. The van der Waals surface area contributed by atoms with E-state index in [1.54, 1.807) is 0 Å². The Hall–Kier alpha value is -7.59. The molecule has 0 fully saturated rings. The second-order valence-corrected chi connectivity index (χ2v) is 13.8. The Morgan fingerprint density at radius 1 is 0.527 bits per heavy atom. The smallest absolute Gasteiger partial charge is 0.254 e. The fraction of sp³-hybridized carbons (Fsp3) is 0. The molecule has 0 spiro atoms. The first-order valence-electron chi connectivity index (χ1n) is 18.3. The van der Waals surface area contributed by atoms with Crippen LogP contribution < -0.4 is 26.2 Å². The van der Waals surface area contributed by atoms with E-state index in [0.717, 1.165) is 84.5 Å². The van der Waals surface area contributed by atoms with Gasteiger partial charge in [-0.3, -0.25) is 23.9 Å². The zero-order valence-corrected chi connectivity index (χ0v) is 29.3. The molecule has 10 aromatic rings. The molecule has 0 N–H and O–H groups in total. The fourth-order valence-corrected chi connectivity index (χ4v) is 8.88. The summed E-state index contributed by atoms with van der Waals surface area (Å²) in [6.45, 7) is -0.0846. The highest BCUT2D eigenvalue weighted by atomic mass is 15.3. The molecule has 0 amide bonds. The SMILES string of the molecule is c1ccc(N2c3cc(N(c4ccccn4)c4ccccn4)cc4c3B(c3cccnc32)c2cccc3c5c6ncccc6n(-c6ccccn6)c5n-4c23)cc1. The van der Waals surface area contributed by atoms with Gasteiger partial charge >= 0.3 is 0 Å². The average Bonchev–Trinajstić information content (AvgIpc) is 3.77. The van der Waals surface area contributed by atoms with Gasteiger partial charge in [0.05, 0.1) is 27.6 Å². The Balaban J connectivity index is 1.29. The van der Waals surface area contributed by atoms with Crippen molar-refractivity contribution in [3.05, 3.63) is 171 Å². The van der Waals surface area contributed by atoms with Crippen molar-refractivity contribution in [2.45, 2.75) is 0 Å². The topological polar surface area (TPSA) is 80.8 Å². The predicted molar refractivity (Wildman–Crippen MR) is 221 cm³/mol. The van der Waals surface area contributed by atoms with E-state index < -0.39 is 0 Å². The first-order valence-corrected chi connectivity index (χ1v) is 18.3. The molecule has 7 aromatic heterocycles. The van der Waals surface area contributed by atoms with Crippen molar-refractivity contribution in [1.29, 1.82) is 0 Å². The van der Waals surface area contributed by atoms with E-state index in [4.69, 9.17) is 24.9 Å². The lowest BCUT2D eigenvalue weighted by Gasteiger charge is -2.40. The molecule has 9 nitrogen and oxygen atoms in total. The van der Waals surface area contributed by atoms with E-state index >= 15 is 0 Å². The minimum atomic E-state index is -0.0846. The standard InChI is InChI=1S/C45H28BN9/c1-2-13-29(14-3-1)52-35-27-30(53(37-19-4-7-22-47-37)38-20-5-8-23-48-38)28-36-41(35)46(33-17-11-26-51-44(33)52)32-16-10-15-31-40-42-34(18-12-25-50-42)54(39-21-6-9-24-49-39)45(40)55(36)43(31)32/h1-28H. The number of benzene rings is 3. The van der Waals surface area contributed by atoms with Crippen LogP contribution in [0, 0.1) is 0 Å². The van der Waals surface area contributed by atoms with Crippen LogP contribution in [0.2, 0.25) is 0 Å². The van der Waals surface area contributed by atoms with Gasteiger partial charge in [0.1, 0.15) is 28.9 Å². The van der Waals surface area contributed by atoms with Crippen LogP contribution in [0.15, 0.2) is 171 Å². The lowest BCUT2D eigenvalue weighted by molar-refractivity contribution is 1.02. The van der Waals surface area contributed by atoms with Crippen LogP contribution in [-0.2, 0) is 0 Å². The molecule has 0 bridgehead atoms. The molecule has 10 heteroatoms. The quantitative estimate of drug-likeness (QED) is 0.169. The summed E-state index contributed by atoms with van der Waals surface area (Å²) in [5.41, 5.74) is 11.7. The first kappa shape index (κ1) is 29.9. The highest BCUT2D eigenvalue weighted by Crippen LogP contribution is 2.46. The van der Waals surface area contributed by atoms with E-state index in [9.17, 15) is 0 Å². The molecule has 55 heavy (non-hydrogen) atoms. The molecule has 2 aliphatic rings.